The Labute approximate surface area is 129 Å². The molecule has 21 heavy (non-hydrogen) atoms. The first-order valence-electron chi connectivity index (χ1n) is 8.58. The number of hydrogen-bond acceptors (Lipinski definition) is 3. The Kier molecular flexibility index (Phi) is 6.04. The van der Waals surface area contributed by atoms with Crippen LogP contribution in [0.4, 0.5) is 5.82 Å². The van der Waals surface area contributed by atoms with E-state index in [1.54, 1.807) is 0 Å². The zero-order chi connectivity index (χ0) is 15.2. The highest BCUT2D eigenvalue weighted by Gasteiger charge is 2.26. The van der Waals surface area contributed by atoms with Gasteiger partial charge < -0.3 is 10.6 Å². The standard InChI is InChI=1S/C18H31N3/c1-4-16(19)12-15-8-7-11-20-18(15)21(13-14(2)3)17-9-5-6-10-17/h7-8,11,14,16-17H,4-6,9-10,12-13,19H2,1-3H3. The molecule has 1 heterocycles. The van der Waals surface area contributed by atoms with E-state index >= 15 is 0 Å². The van der Waals surface area contributed by atoms with Gasteiger partial charge in [-0.25, -0.2) is 4.98 Å². The molecule has 0 bridgehead atoms. The number of rotatable bonds is 7. The van der Waals surface area contributed by atoms with Gasteiger partial charge >= 0.3 is 0 Å². The highest BCUT2D eigenvalue weighted by molar-refractivity contribution is 5.48. The van der Waals surface area contributed by atoms with Crippen LogP contribution in [0.1, 0.15) is 58.4 Å². The summed E-state index contributed by atoms with van der Waals surface area (Å²) in [4.78, 5) is 7.30. The maximum Gasteiger partial charge on any atom is 0.132 e. The first kappa shape index (κ1) is 16.3. The Morgan fingerprint density at radius 1 is 1.33 bits per heavy atom. The molecule has 2 N–H and O–H groups in total. The van der Waals surface area contributed by atoms with E-state index in [0.29, 0.717) is 12.0 Å². The van der Waals surface area contributed by atoms with Gasteiger partial charge in [0.25, 0.3) is 0 Å². The monoisotopic (exact) mass is 289 g/mol. The molecule has 1 aliphatic carbocycles. The van der Waals surface area contributed by atoms with E-state index in [2.05, 4.69) is 31.7 Å². The second kappa shape index (κ2) is 7.79. The topological polar surface area (TPSA) is 42.1 Å². The van der Waals surface area contributed by atoms with Gasteiger partial charge in [0.2, 0.25) is 0 Å². The number of nitrogens with two attached hydrogens (primary N) is 1. The summed E-state index contributed by atoms with van der Waals surface area (Å²) in [6.45, 7) is 7.84. The van der Waals surface area contributed by atoms with Crippen LogP contribution in [0, 0.1) is 5.92 Å². The van der Waals surface area contributed by atoms with E-state index in [1.807, 2.05) is 12.3 Å². The van der Waals surface area contributed by atoms with E-state index in [-0.39, 0.29) is 6.04 Å². The van der Waals surface area contributed by atoms with Gasteiger partial charge in [-0.15, -0.1) is 0 Å². The Morgan fingerprint density at radius 2 is 2.05 bits per heavy atom. The van der Waals surface area contributed by atoms with Crippen molar-refractivity contribution < 1.29 is 0 Å². The normalized spacial score (nSPS) is 17.4. The van der Waals surface area contributed by atoms with Crippen LogP contribution in [-0.2, 0) is 6.42 Å². The lowest BCUT2D eigenvalue weighted by molar-refractivity contribution is 0.527. The number of pyridine rings is 1. The van der Waals surface area contributed by atoms with Crippen molar-refractivity contribution in [3.8, 4) is 0 Å². The molecule has 2 rings (SSSR count). The van der Waals surface area contributed by atoms with Gasteiger partial charge in [0.1, 0.15) is 5.82 Å². The van der Waals surface area contributed by atoms with Gasteiger partial charge in [-0.05, 0) is 43.2 Å². The first-order valence-corrected chi connectivity index (χ1v) is 8.58. The fraction of sp³-hybridized carbons (Fsp3) is 0.722. The molecule has 1 unspecified atom stereocenters. The molecule has 3 nitrogen and oxygen atoms in total. The number of anilines is 1. The third-order valence-corrected chi connectivity index (χ3v) is 4.47. The molecular formula is C18H31N3. The van der Waals surface area contributed by atoms with Gasteiger partial charge in [0, 0.05) is 24.8 Å². The Balaban J connectivity index is 2.25. The zero-order valence-corrected chi connectivity index (χ0v) is 13.9. The van der Waals surface area contributed by atoms with E-state index in [1.165, 1.54) is 37.1 Å². The molecule has 1 aromatic heterocycles. The second-order valence-corrected chi connectivity index (χ2v) is 6.84. The predicted octanol–water partition coefficient (Wildman–Crippen LogP) is 3.77. The van der Waals surface area contributed by atoms with Gasteiger partial charge in [0.15, 0.2) is 0 Å². The molecule has 0 spiro atoms. The Morgan fingerprint density at radius 3 is 2.67 bits per heavy atom. The summed E-state index contributed by atoms with van der Waals surface area (Å²) < 4.78 is 0. The van der Waals surface area contributed by atoms with E-state index < -0.39 is 0 Å². The average Bonchev–Trinajstić information content (AvgIpc) is 2.99. The van der Waals surface area contributed by atoms with Gasteiger partial charge in [0.05, 0.1) is 0 Å². The zero-order valence-electron chi connectivity index (χ0n) is 13.9. The molecule has 1 aliphatic rings. The van der Waals surface area contributed by atoms with Gasteiger partial charge in [-0.2, -0.15) is 0 Å². The summed E-state index contributed by atoms with van der Waals surface area (Å²) in [5, 5.41) is 0. The van der Waals surface area contributed by atoms with Crippen LogP contribution in [-0.4, -0.2) is 23.6 Å². The summed E-state index contributed by atoms with van der Waals surface area (Å²) in [5.41, 5.74) is 7.50. The molecule has 1 fully saturated rings. The van der Waals surface area contributed by atoms with Crippen LogP contribution in [0.5, 0.6) is 0 Å². The van der Waals surface area contributed by atoms with E-state index in [0.717, 1.165) is 19.4 Å². The minimum atomic E-state index is 0.234. The van der Waals surface area contributed by atoms with Crippen molar-refractivity contribution in [1.29, 1.82) is 0 Å². The molecule has 0 aliphatic heterocycles. The van der Waals surface area contributed by atoms with Crippen molar-refractivity contribution in [2.75, 3.05) is 11.4 Å². The first-order chi connectivity index (χ1) is 10.1. The molecule has 1 aromatic rings. The second-order valence-electron chi connectivity index (χ2n) is 6.84. The van der Waals surface area contributed by atoms with Crippen LogP contribution in [0.25, 0.3) is 0 Å². The number of nitrogens with zero attached hydrogens (tertiary/aromatic N) is 2. The van der Waals surface area contributed by atoms with Crippen molar-refractivity contribution in [1.82, 2.24) is 4.98 Å². The molecule has 1 atom stereocenters. The summed E-state index contributed by atoms with van der Waals surface area (Å²) in [7, 11) is 0. The third kappa shape index (κ3) is 4.44. The minimum absolute atomic E-state index is 0.234. The van der Waals surface area contributed by atoms with Crippen LogP contribution in [0.3, 0.4) is 0 Å². The Hall–Kier alpha value is -1.09. The number of aromatic nitrogens is 1. The highest BCUT2D eigenvalue weighted by atomic mass is 15.2. The lowest BCUT2D eigenvalue weighted by Gasteiger charge is -2.33. The molecule has 3 heteroatoms. The summed E-state index contributed by atoms with van der Waals surface area (Å²) in [6, 6.07) is 5.15. The highest BCUT2D eigenvalue weighted by Crippen LogP contribution is 2.30. The fourth-order valence-electron chi connectivity index (χ4n) is 3.29. The quantitative estimate of drug-likeness (QED) is 0.831. The summed E-state index contributed by atoms with van der Waals surface area (Å²) >= 11 is 0. The summed E-state index contributed by atoms with van der Waals surface area (Å²) in [5.74, 6) is 1.84. The van der Waals surface area contributed by atoms with Crippen LogP contribution in [0.2, 0.25) is 0 Å². The maximum absolute atomic E-state index is 6.18. The predicted molar refractivity (Wildman–Crippen MR) is 90.6 cm³/mol. The molecule has 118 valence electrons. The molecule has 1 saturated carbocycles. The van der Waals surface area contributed by atoms with Crippen molar-refractivity contribution in [3.05, 3.63) is 23.9 Å². The summed E-state index contributed by atoms with van der Waals surface area (Å²) in [6.07, 6.45) is 9.21. The fourth-order valence-corrected chi connectivity index (χ4v) is 3.29. The van der Waals surface area contributed by atoms with E-state index in [9.17, 15) is 0 Å². The molecule has 0 amide bonds. The third-order valence-electron chi connectivity index (χ3n) is 4.47. The van der Waals surface area contributed by atoms with Crippen LogP contribution < -0.4 is 10.6 Å². The SMILES string of the molecule is CCC(N)Cc1cccnc1N(CC(C)C)C1CCCC1. The van der Waals surface area contributed by atoms with Crippen LogP contribution in [0.15, 0.2) is 18.3 Å². The molecule has 0 radical (unpaired) electrons. The lowest BCUT2D eigenvalue weighted by Crippen LogP contribution is -2.38. The molecule has 0 aromatic carbocycles. The van der Waals surface area contributed by atoms with Crippen molar-refractivity contribution in [2.45, 2.75) is 71.4 Å². The van der Waals surface area contributed by atoms with Crippen molar-refractivity contribution in [2.24, 2.45) is 11.7 Å². The minimum Gasteiger partial charge on any atom is -0.353 e. The smallest absolute Gasteiger partial charge is 0.132 e. The number of hydrogen-bond donors (Lipinski definition) is 1. The lowest BCUT2D eigenvalue weighted by atomic mass is 10.0. The van der Waals surface area contributed by atoms with Crippen LogP contribution >= 0.6 is 0 Å². The van der Waals surface area contributed by atoms with Gasteiger partial charge in [-0.3, -0.25) is 0 Å². The van der Waals surface area contributed by atoms with Gasteiger partial charge in [-0.1, -0.05) is 39.7 Å². The average molecular weight is 289 g/mol. The molecular weight excluding hydrogens is 258 g/mol. The van der Waals surface area contributed by atoms with Crippen molar-refractivity contribution >= 4 is 5.82 Å². The largest absolute Gasteiger partial charge is 0.353 e. The Bertz CT molecular complexity index is 424. The molecule has 0 saturated heterocycles. The van der Waals surface area contributed by atoms with E-state index in [4.69, 9.17) is 10.7 Å². The maximum atomic E-state index is 6.18. The van der Waals surface area contributed by atoms with Crippen molar-refractivity contribution in [3.63, 3.8) is 0 Å².